The van der Waals surface area contributed by atoms with E-state index in [4.69, 9.17) is 0 Å². The van der Waals surface area contributed by atoms with Crippen molar-refractivity contribution in [1.82, 2.24) is 10.2 Å². The van der Waals surface area contributed by atoms with Gasteiger partial charge in [-0.1, -0.05) is 0 Å². The summed E-state index contributed by atoms with van der Waals surface area (Å²) in [4.78, 5) is 23.6. The summed E-state index contributed by atoms with van der Waals surface area (Å²) < 4.78 is 27.4. The van der Waals surface area contributed by atoms with Crippen molar-refractivity contribution in [1.29, 1.82) is 0 Å². The second-order valence-electron chi connectivity index (χ2n) is 5.14. The molecule has 8 heteroatoms. The quantitative estimate of drug-likeness (QED) is 0.676. The predicted octanol–water partition coefficient (Wildman–Crippen LogP) is 1.55. The van der Waals surface area contributed by atoms with E-state index in [1.54, 1.807) is 0 Å². The third-order valence-corrected chi connectivity index (χ3v) is 3.53. The van der Waals surface area contributed by atoms with E-state index in [1.165, 1.54) is 0 Å². The van der Waals surface area contributed by atoms with Gasteiger partial charge in [0.15, 0.2) is 0 Å². The van der Waals surface area contributed by atoms with Gasteiger partial charge in [-0.3, -0.25) is 14.9 Å². The minimum Gasteiger partial charge on any atom is -0.352 e. The van der Waals surface area contributed by atoms with Crippen molar-refractivity contribution in [3.8, 4) is 0 Å². The van der Waals surface area contributed by atoms with E-state index in [9.17, 15) is 23.7 Å². The Labute approximate surface area is 119 Å². The summed E-state index contributed by atoms with van der Waals surface area (Å²) in [5.41, 5.74) is -1.82. The number of amides is 1. The van der Waals surface area contributed by atoms with Gasteiger partial charge in [-0.15, -0.1) is 0 Å². The molecule has 1 atom stereocenters. The number of nitrogens with one attached hydrogen (secondary N) is 1. The number of hydrogen-bond donors (Lipinski definition) is 1. The van der Waals surface area contributed by atoms with E-state index >= 15 is 0 Å². The summed E-state index contributed by atoms with van der Waals surface area (Å²) in [7, 11) is 1.95. The van der Waals surface area contributed by atoms with Gasteiger partial charge < -0.3 is 10.2 Å². The molecule has 2 rings (SSSR count). The number of hydrogen-bond acceptors (Lipinski definition) is 4. The van der Waals surface area contributed by atoms with Gasteiger partial charge >= 0.3 is 5.69 Å². The van der Waals surface area contributed by atoms with Crippen LogP contribution in [-0.2, 0) is 0 Å². The van der Waals surface area contributed by atoms with Crippen LogP contribution in [-0.4, -0.2) is 42.4 Å². The number of likely N-dealkylation sites (tertiary alicyclic amines) is 1. The topological polar surface area (TPSA) is 75.5 Å². The van der Waals surface area contributed by atoms with Crippen LogP contribution >= 0.6 is 0 Å². The molecular weight excluding hydrogens is 284 g/mol. The van der Waals surface area contributed by atoms with Crippen LogP contribution < -0.4 is 5.32 Å². The molecule has 114 valence electrons. The summed E-state index contributed by atoms with van der Waals surface area (Å²) >= 11 is 0. The Hall–Kier alpha value is -2.09. The van der Waals surface area contributed by atoms with Gasteiger partial charge in [-0.05, 0) is 32.0 Å². The maximum atomic E-state index is 13.8. The number of carbonyl (C=O) groups is 1. The molecule has 1 aliphatic rings. The van der Waals surface area contributed by atoms with Gasteiger partial charge in [-0.2, -0.15) is 4.39 Å². The zero-order valence-electron chi connectivity index (χ0n) is 11.4. The second kappa shape index (κ2) is 6.13. The van der Waals surface area contributed by atoms with Crippen LogP contribution in [0.1, 0.15) is 16.8 Å². The molecule has 1 aromatic carbocycles. The molecule has 1 fully saturated rings. The van der Waals surface area contributed by atoms with Crippen molar-refractivity contribution in [2.45, 2.75) is 6.42 Å². The van der Waals surface area contributed by atoms with Crippen LogP contribution in [0, 0.1) is 27.7 Å². The average Bonchev–Trinajstić information content (AvgIpc) is 2.82. The van der Waals surface area contributed by atoms with Crippen molar-refractivity contribution < 1.29 is 18.5 Å². The zero-order valence-corrected chi connectivity index (χ0v) is 11.4. The molecule has 1 unspecified atom stereocenters. The normalized spacial score (nSPS) is 18.7. The maximum absolute atomic E-state index is 13.8. The molecule has 1 saturated heterocycles. The van der Waals surface area contributed by atoms with Gasteiger partial charge in [0.25, 0.3) is 5.91 Å². The lowest BCUT2D eigenvalue weighted by Gasteiger charge is -2.12. The van der Waals surface area contributed by atoms with Gasteiger partial charge in [-0.25, -0.2) is 4.39 Å². The Bertz CT molecular complexity index is 580. The predicted molar refractivity (Wildman–Crippen MR) is 70.9 cm³/mol. The van der Waals surface area contributed by atoms with Crippen molar-refractivity contribution in [2.24, 2.45) is 5.92 Å². The molecule has 1 heterocycles. The van der Waals surface area contributed by atoms with E-state index in [-0.39, 0.29) is 12.5 Å². The molecule has 0 spiro atoms. The van der Waals surface area contributed by atoms with Crippen LogP contribution in [0.25, 0.3) is 0 Å². The van der Waals surface area contributed by atoms with Crippen LogP contribution in [0.2, 0.25) is 0 Å². The first kappa shape index (κ1) is 15.3. The van der Waals surface area contributed by atoms with E-state index in [0.717, 1.165) is 25.6 Å². The number of nitro groups is 1. The molecular formula is C13H15F2N3O3. The largest absolute Gasteiger partial charge is 0.352 e. The van der Waals surface area contributed by atoms with Crippen LogP contribution in [0.5, 0.6) is 0 Å². The van der Waals surface area contributed by atoms with E-state index in [2.05, 4.69) is 10.2 Å². The Morgan fingerprint density at radius 1 is 1.52 bits per heavy atom. The molecule has 0 aromatic heterocycles. The van der Waals surface area contributed by atoms with E-state index in [0.29, 0.717) is 6.07 Å². The summed E-state index contributed by atoms with van der Waals surface area (Å²) in [6.45, 7) is 1.98. The smallest absolute Gasteiger partial charge is 0.305 e. The number of nitro benzene ring substituents is 1. The monoisotopic (exact) mass is 299 g/mol. The highest BCUT2D eigenvalue weighted by Crippen LogP contribution is 2.23. The Morgan fingerprint density at radius 3 is 2.81 bits per heavy atom. The number of rotatable bonds is 4. The molecule has 1 aliphatic heterocycles. The number of benzene rings is 1. The SMILES string of the molecule is CN1CCC(CNC(=O)c2c(F)ccc([N+](=O)[O-])c2F)C1. The first-order valence-electron chi connectivity index (χ1n) is 6.49. The Balaban J connectivity index is 2.11. The average molecular weight is 299 g/mol. The number of halogens is 2. The number of carbonyl (C=O) groups excluding carboxylic acids is 1. The molecule has 1 aromatic rings. The van der Waals surface area contributed by atoms with Gasteiger partial charge in [0.2, 0.25) is 5.82 Å². The van der Waals surface area contributed by atoms with Gasteiger partial charge in [0.1, 0.15) is 11.4 Å². The summed E-state index contributed by atoms with van der Waals surface area (Å²) in [6.07, 6.45) is 0.886. The van der Waals surface area contributed by atoms with Crippen molar-refractivity contribution in [2.75, 3.05) is 26.7 Å². The standard InChI is InChI=1S/C13H15F2N3O3/c1-17-5-4-8(7-17)6-16-13(19)11-9(14)2-3-10(12(11)15)18(20)21/h2-3,8H,4-7H2,1H3,(H,16,19). The van der Waals surface area contributed by atoms with Crippen molar-refractivity contribution in [3.63, 3.8) is 0 Å². The molecule has 0 radical (unpaired) electrons. The summed E-state index contributed by atoms with van der Waals surface area (Å²) in [5.74, 6) is -3.31. The Kier molecular flexibility index (Phi) is 4.46. The van der Waals surface area contributed by atoms with Gasteiger partial charge in [0, 0.05) is 19.2 Å². The first-order chi connectivity index (χ1) is 9.90. The van der Waals surface area contributed by atoms with Crippen LogP contribution in [0.3, 0.4) is 0 Å². The van der Waals surface area contributed by atoms with Crippen LogP contribution in [0.15, 0.2) is 12.1 Å². The van der Waals surface area contributed by atoms with E-state index in [1.807, 2.05) is 7.05 Å². The van der Waals surface area contributed by atoms with Crippen molar-refractivity contribution in [3.05, 3.63) is 39.4 Å². The highest BCUT2D eigenvalue weighted by molar-refractivity contribution is 5.95. The Morgan fingerprint density at radius 2 is 2.24 bits per heavy atom. The minimum atomic E-state index is -1.44. The molecule has 6 nitrogen and oxygen atoms in total. The lowest BCUT2D eigenvalue weighted by Crippen LogP contribution is -2.31. The molecule has 0 saturated carbocycles. The lowest BCUT2D eigenvalue weighted by molar-refractivity contribution is -0.387. The third kappa shape index (κ3) is 3.33. The fourth-order valence-electron chi connectivity index (χ4n) is 2.41. The zero-order chi connectivity index (χ0) is 15.6. The third-order valence-electron chi connectivity index (χ3n) is 3.53. The molecule has 1 amide bonds. The highest BCUT2D eigenvalue weighted by atomic mass is 19.1. The molecule has 1 N–H and O–H groups in total. The van der Waals surface area contributed by atoms with Crippen LogP contribution in [0.4, 0.5) is 14.5 Å². The fourth-order valence-corrected chi connectivity index (χ4v) is 2.41. The number of nitrogens with zero attached hydrogens (tertiary/aromatic N) is 2. The summed E-state index contributed by atoms with van der Waals surface area (Å²) in [5, 5.41) is 13.1. The molecule has 0 bridgehead atoms. The highest BCUT2D eigenvalue weighted by Gasteiger charge is 2.27. The van der Waals surface area contributed by atoms with Crippen molar-refractivity contribution >= 4 is 11.6 Å². The second-order valence-corrected chi connectivity index (χ2v) is 5.14. The van der Waals surface area contributed by atoms with E-state index < -0.39 is 33.7 Å². The minimum absolute atomic E-state index is 0.212. The molecule has 0 aliphatic carbocycles. The summed E-state index contributed by atoms with van der Waals surface area (Å²) in [6, 6.07) is 1.42. The fraction of sp³-hybridized carbons (Fsp3) is 0.462. The first-order valence-corrected chi connectivity index (χ1v) is 6.49. The van der Waals surface area contributed by atoms with Gasteiger partial charge in [0.05, 0.1) is 4.92 Å². The lowest BCUT2D eigenvalue weighted by atomic mass is 10.1. The maximum Gasteiger partial charge on any atom is 0.305 e. The molecule has 21 heavy (non-hydrogen) atoms.